The number of aromatic nitrogens is 3. The standard InChI is InChI=1S/C44H25N5/c1-46-29-19-23-42-38(25-29)36-21-20-35-33-14-5-8-17-40(33)49(43(35)44(36)48(42)30-10-3-2-4-11-30)32-13-9-12-31(26-32)47-39-16-7-6-15-34(39)37-24-28(27-45)18-22-41(37)47/h2-26H. The summed E-state index contributed by atoms with van der Waals surface area (Å²) in [5.41, 5.74) is 11.0. The van der Waals surface area contributed by atoms with Crippen LogP contribution in [0.3, 0.4) is 0 Å². The van der Waals surface area contributed by atoms with E-state index >= 15 is 0 Å². The Hall–Kier alpha value is -7.08. The molecule has 5 heteroatoms. The van der Waals surface area contributed by atoms with Crippen molar-refractivity contribution in [2.24, 2.45) is 0 Å². The van der Waals surface area contributed by atoms with Gasteiger partial charge in [-0.25, -0.2) is 4.85 Å². The van der Waals surface area contributed by atoms with Crippen molar-refractivity contribution in [3.8, 4) is 23.1 Å². The number of rotatable bonds is 3. The summed E-state index contributed by atoms with van der Waals surface area (Å²) in [5.74, 6) is 0. The number of hydrogen-bond donors (Lipinski definition) is 0. The molecule has 0 fully saturated rings. The van der Waals surface area contributed by atoms with E-state index in [1.165, 1.54) is 10.8 Å². The van der Waals surface area contributed by atoms with Gasteiger partial charge in [0.25, 0.3) is 0 Å². The SMILES string of the molecule is [C-]#[N+]c1ccc2c(c1)c1ccc3c4ccccc4n(-c4cccc(-n5c6ccccc6c6cc(C#N)ccc65)c4)c3c1n2-c1ccccc1. The van der Waals surface area contributed by atoms with E-state index in [2.05, 4.69) is 146 Å². The second-order valence-corrected chi connectivity index (χ2v) is 12.4. The third kappa shape index (κ3) is 3.79. The summed E-state index contributed by atoms with van der Waals surface area (Å²) in [4.78, 5) is 3.78. The van der Waals surface area contributed by atoms with Crippen LogP contribution in [0.1, 0.15) is 5.56 Å². The molecular formula is C44H25N5. The summed E-state index contributed by atoms with van der Waals surface area (Å²) in [6, 6.07) is 54.9. The maximum atomic E-state index is 9.67. The summed E-state index contributed by atoms with van der Waals surface area (Å²) >= 11 is 0. The van der Waals surface area contributed by atoms with Gasteiger partial charge in [-0.3, -0.25) is 0 Å². The van der Waals surface area contributed by atoms with Crippen LogP contribution in [0.2, 0.25) is 0 Å². The van der Waals surface area contributed by atoms with Crippen molar-refractivity contribution in [3.63, 3.8) is 0 Å². The van der Waals surface area contributed by atoms with Crippen molar-refractivity contribution < 1.29 is 0 Å². The molecule has 7 aromatic carbocycles. The highest BCUT2D eigenvalue weighted by Crippen LogP contribution is 2.43. The molecule has 0 unspecified atom stereocenters. The normalized spacial score (nSPS) is 11.6. The predicted molar refractivity (Wildman–Crippen MR) is 200 cm³/mol. The summed E-state index contributed by atoms with van der Waals surface area (Å²) in [6.45, 7) is 7.75. The average molecular weight is 624 g/mol. The smallest absolute Gasteiger partial charge is 0.188 e. The van der Waals surface area contributed by atoms with Crippen molar-refractivity contribution >= 4 is 71.1 Å². The van der Waals surface area contributed by atoms with Gasteiger partial charge in [0.2, 0.25) is 0 Å². The van der Waals surface area contributed by atoms with Crippen LogP contribution in [0.4, 0.5) is 5.69 Å². The van der Waals surface area contributed by atoms with Gasteiger partial charge in [0.05, 0.1) is 51.3 Å². The Morgan fingerprint density at radius 3 is 1.69 bits per heavy atom. The van der Waals surface area contributed by atoms with Crippen molar-refractivity contribution in [1.82, 2.24) is 13.7 Å². The van der Waals surface area contributed by atoms with E-state index in [9.17, 15) is 5.26 Å². The third-order valence-electron chi connectivity index (χ3n) is 9.84. The van der Waals surface area contributed by atoms with E-state index < -0.39 is 0 Å². The van der Waals surface area contributed by atoms with Crippen molar-refractivity contribution in [3.05, 3.63) is 169 Å². The number of nitrogens with zero attached hydrogens (tertiary/aromatic N) is 5. The highest BCUT2D eigenvalue weighted by molar-refractivity contribution is 6.24. The first-order valence-corrected chi connectivity index (χ1v) is 16.2. The van der Waals surface area contributed by atoms with Crippen LogP contribution in [0.15, 0.2) is 152 Å². The van der Waals surface area contributed by atoms with E-state index in [1.807, 2.05) is 30.3 Å². The van der Waals surface area contributed by atoms with Crippen LogP contribution >= 0.6 is 0 Å². The zero-order valence-electron chi connectivity index (χ0n) is 26.2. The zero-order valence-corrected chi connectivity index (χ0v) is 26.2. The minimum absolute atomic E-state index is 0.626. The molecule has 0 atom stereocenters. The van der Waals surface area contributed by atoms with Crippen molar-refractivity contribution in [2.75, 3.05) is 0 Å². The first-order chi connectivity index (χ1) is 24.2. The second-order valence-electron chi connectivity index (χ2n) is 12.4. The Kier molecular flexibility index (Phi) is 5.64. The average Bonchev–Trinajstić information content (AvgIpc) is 3.80. The molecule has 226 valence electrons. The van der Waals surface area contributed by atoms with Gasteiger partial charge in [-0.05, 0) is 78.2 Å². The molecule has 0 N–H and O–H groups in total. The Balaban J connectivity index is 1.34. The summed E-state index contributed by atoms with van der Waals surface area (Å²) in [5, 5.41) is 16.4. The quantitative estimate of drug-likeness (QED) is 0.181. The Bertz CT molecular complexity index is 3070. The molecule has 3 aromatic heterocycles. The van der Waals surface area contributed by atoms with Crippen LogP contribution in [0, 0.1) is 17.9 Å². The van der Waals surface area contributed by atoms with Crippen LogP contribution in [-0.2, 0) is 0 Å². The topological polar surface area (TPSA) is 42.9 Å². The molecule has 0 bridgehead atoms. The molecule has 49 heavy (non-hydrogen) atoms. The van der Waals surface area contributed by atoms with E-state index in [1.54, 1.807) is 0 Å². The lowest BCUT2D eigenvalue weighted by Gasteiger charge is -2.14. The molecule has 0 amide bonds. The van der Waals surface area contributed by atoms with E-state index in [-0.39, 0.29) is 0 Å². The van der Waals surface area contributed by atoms with Crippen molar-refractivity contribution in [2.45, 2.75) is 0 Å². The van der Waals surface area contributed by atoms with Gasteiger partial charge in [-0.2, -0.15) is 5.26 Å². The van der Waals surface area contributed by atoms with E-state index in [4.69, 9.17) is 6.57 Å². The maximum absolute atomic E-state index is 9.67. The lowest BCUT2D eigenvalue weighted by Crippen LogP contribution is -2.00. The number of nitriles is 1. The fraction of sp³-hybridized carbons (Fsp3) is 0. The number of fused-ring (bicyclic) bond motifs is 10. The molecule has 0 spiro atoms. The Labute approximate surface area is 281 Å². The van der Waals surface area contributed by atoms with Gasteiger partial charge < -0.3 is 13.7 Å². The third-order valence-corrected chi connectivity index (χ3v) is 9.84. The molecule has 0 saturated heterocycles. The van der Waals surface area contributed by atoms with Gasteiger partial charge >= 0.3 is 0 Å². The van der Waals surface area contributed by atoms with Crippen molar-refractivity contribution in [1.29, 1.82) is 5.26 Å². The number of benzene rings is 7. The molecular weight excluding hydrogens is 599 g/mol. The monoisotopic (exact) mass is 623 g/mol. The fourth-order valence-corrected chi connectivity index (χ4v) is 7.81. The predicted octanol–water partition coefficient (Wildman–Crippen LogP) is 11.4. The molecule has 10 aromatic rings. The van der Waals surface area contributed by atoms with Gasteiger partial charge in [0.15, 0.2) is 5.69 Å². The molecule has 0 saturated carbocycles. The van der Waals surface area contributed by atoms with Gasteiger partial charge in [-0.15, -0.1) is 0 Å². The highest BCUT2D eigenvalue weighted by Gasteiger charge is 2.22. The molecule has 3 heterocycles. The lowest BCUT2D eigenvalue weighted by molar-refractivity contribution is 1.13. The molecule has 0 aliphatic carbocycles. The van der Waals surface area contributed by atoms with Gasteiger partial charge in [-0.1, -0.05) is 78.9 Å². The molecule has 10 rings (SSSR count). The van der Waals surface area contributed by atoms with Crippen LogP contribution in [-0.4, -0.2) is 13.7 Å². The summed E-state index contributed by atoms with van der Waals surface area (Å²) < 4.78 is 7.04. The molecule has 0 aliphatic heterocycles. The van der Waals surface area contributed by atoms with Crippen LogP contribution in [0.25, 0.3) is 87.3 Å². The minimum atomic E-state index is 0.626. The van der Waals surface area contributed by atoms with Crippen LogP contribution < -0.4 is 0 Å². The second kappa shape index (κ2) is 10.2. The zero-order chi connectivity index (χ0) is 32.6. The Morgan fingerprint density at radius 2 is 0.959 bits per heavy atom. The largest absolute Gasteiger partial charge is 0.309 e. The Morgan fingerprint density at radius 1 is 0.429 bits per heavy atom. The molecule has 0 aliphatic rings. The fourth-order valence-electron chi connectivity index (χ4n) is 7.81. The highest BCUT2D eigenvalue weighted by atomic mass is 15.1. The molecule has 0 radical (unpaired) electrons. The number of para-hydroxylation sites is 3. The maximum Gasteiger partial charge on any atom is 0.188 e. The van der Waals surface area contributed by atoms with Crippen LogP contribution in [0.5, 0.6) is 0 Å². The first-order valence-electron chi connectivity index (χ1n) is 16.2. The number of hydrogen-bond acceptors (Lipinski definition) is 1. The van der Waals surface area contributed by atoms with E-state index in [0.29, 0.717) is 11.3 Å². The van der Waals surface area contributed by atoms with Gasteiger partial charge in [0, 0.05) is 44.0 Å². The lowest BCUT2D eigenvalue weighted by atomic mass is 10.1. The minimum Gasteiger partial charge on any atom is -0.309 e. The molecule has 5 nitrogen and oxygen atoms in total. The summed E-state index contributed by atoms with van der Waals surface area (Å²) in [7, 11) is 0. The summed E-state index contributed by atoms with van der Waals surface area (Å²) in [6.07, 6.45) is 0. The first kappa shape index (κ1) is 27.1. The van der Waals surface area contributed by atoms with E-state index in [0.717, 1.165) is 71.7 Å². The van der Waals surface area contributed by atoms with Gasteiger partial charge in [0.1, 0.15) is 0 Å².